The van der Waals surface area contributed by atoms with E-state index in [4.69, 9.17) is 5.73 Å². The number of nitrogens with zero attached hydrogens (tertiary/aromatic N) is 5. The van der Waals surface area contributed by atoms with Crippen LogP contribution in [-0.2, 0) is 5.41 Å². The summed E-state index contributed by atoms with van der Waals surface area (Å²) < 4.78 is 0. The highest BCUT2D eigenvalue weighted by atomic mass is 16.1. The van der Waals surface area contributed by atoms with E-state index in [1.54, 1.807) is 25.2 Å². The standard InChI is InChI=1S/C28H29N9O2/c1-15(37-19(13-29)9-18-12-24(18)37)14-32-8-7-28(27-33-35-36-34-27)22-5-3-16(25(30)38)10-20(22)21-11-17(26(39)31-2)4-6-23(21)28/h3-6,10-11,18-19,24,32H,1,7-9,12,14H2,2H3,(H2,30,38)(H,31,39)(H,33,34,35,36)/t18-,19?,24+,28?/m1/s1. The summed E-state index contributed by atoms with van der Waals surface area (Å²) in [6.07, 6.45) is 2.62. The first-order valence-electron chi connectivity index (χ1n) is 13.0. The number of fused-ring (bicyclic) bond motifs is 4. The number of rotatable bonds is 9. The molecule has 1 saturated carbocycles. The number of carbonyl (C=O) groups is 2. The van der Waals surface area contributed by atoms with Gasteiger partial charge in [-0.3, -0.25) is 9.59 Å². The molecule has 5 N–H and O–H groups in total. The molecule has 2 aliphatic carbocycles. The molecule has 4 atom stereocenters. The van der Waals surface area contributed by atoms with E-state index in [2.05, 4.69) is 48.8 Å². The van der Waals surface area contributed by atoms with Gasteiger partial charge in [-0.15, -0.1) is 10.2 Å². The number of H-pyrrole nitrogens is 1. The number of nitrogens with one attached hydrogen (secondary N) is 3. The maximum atomic E-state index is 12.5. The van der Waals surface area contributed by atoms with Gasteiger partial charge in [0.1, 0.15) is 6.04 Å². The molecule has 2 heterocycles. The molecule has 1 saturated heterocycles. The van der Waals surface area contributed by atoms with Crippen molar-refractivity contribution in [3.63, 3.8) is 0 Å². The van der Waals surface area contributed by atoms with Gasteiger partial charge in [-0.25, -0.2) is 0 Å². The van der Waals surface area contributed by atoms with E-state index in [1.165, 1.54) is 0 Å². The van der Waals surface area contributed by atoms with E-state index in [0.29, 0.717) is 48.4 Å². The number of aromatic amines is 1. The zero-order valence-corrected chi connectivity index (χ0v) is 21.6. The number of piperidine rings is 1. The molecule has 6 rings (SSSR count). The zero-order chi connectivity index (χ0) is 27.3. The fraction of sp³-hybridized carbons (Fsp3) is 0.357. The highest BCUT2D eigenvalue weighted by molar-refractivity contribution is 5.99. The van der Waals surface area contributed by atoms with E-state index in [-0.39, 0.29) is 11.9 Å². The van der Waals surface area contributed by atoms with Crippen LogP contribution >= 0.6 is 0 Å². The largest absolute Gasteiger partial charge is 0.366 e. The van der Waals surface area contributed by atoms with E-state index in [1.807, 2.05) is 18.2 Å². The molecule has 3 aromatic rings. The average Bonchev–Trinajstić information content (AvgIpc) is 3.29. The molecule has 2 fully saturated rings. The summed E-state index contributed by atoms with van der Waals surface area (Å²) in [6, 6.07) is 13.7. The summed E-state index contributed by atoms with van der Waals surface area (Å²) in [5.41, 5.74) is 10.1. The van der Waals surface area contributed by atoms with Crippen molar-refractivity contribution < 1.29 is 9.59 Å². The normalized spacial score (nSPS) is 23.9. The Morgan fingerprint density at radius 3 is 2.56 bits per heavy atom. The van der Waals surface area contributed by atoms with Crippen molar-refractivity contribution in [1.82, 2.24) is 36.2 Å². The third kappa shape index (κ3) is 3.87. The highest BCUT2D eigenvalue weighted by Crippen LogP contribution is 2.54. The second-order valence-corrected chi connectivity index (χ2v) is 10.4. The van der Waals surface area contributed by atoms with Gasteiger partial charge in [-0.2, -0.15) is 10.5 Å². The first kappa shape index (κ1) is 24.8. The minimum absolute atomic E-state index is 0.101. The van der Waals surface area contributed by atoms with Crippen LogP contribution in [0.15, 0.2) is 48.7 Å². The van der Waals surface area contributed by atoms with Gasteiger partial charge in [0, 0.05) is 36.5 Å². The van der Waals surface area contributed by atoms with Crippen molar-refractivity contribution in [2.45, 2.75) is 36.8 Å². The molecule has 0 spiro atoms. The molecule has 2 amide bonds. The molecule has 11 heteroatoms. The molecule has 1 aromatic heterocycles. The number of amides is 2. The van der Waals surface area contributed by atoms with Gasteiger partial charge in [0.05, 0.1) is 11.5 Å². The lowest BCUT2D eigenvalue weighted by Crippen LogP contribution is -2.37. The number of benzene rings is 2. The number of hydrogen-bond acceptors (Lipinski definition) is 8. The Balaban J connectivity index is 1.34. The molecule has 1 aliphatic heterocycles. The van der Waals surface area contributed by atoms with Gasteiger partial charge in [-0.1, -0.05) is 23.9 Å². The summed E-state index contributed by atoms with van der Waals surface area (Å²) >= 11 is 0. The van der Waals surface area contributed by atoms with Crippen LogP contribution in [0.4, 0.5) is 0 Å². The van der Waals surface area contributed by atoms with Gasteiger partial charge >= 0.3 is 0 Å². The fourth-order valence-electron chi connectivity index (χ4n) is 6.45. The number of aromatic nitrogens is 4. The van der Waals surface area contributed by atoms with E-state index in [9.17, 15) is 14.9 Å². The molecule has 3 aliphatic rings. The monoisotopic (exact) mass is 523 g/mol. The highest BCUT2D eigenvalue weighted by Gasteiger charge is 2.52. The summed E-state index contributed by atoms with van der Waals surface area (Å²) in [6.45, 7) is 5.41. The number of nitrogens with two attached hydrogens (primary N) is 1. The van der Waals surface area contributed by atoms with Crippen LogP contribution < -0.4 is 16.4 Å². The van der Waals surface area contributed by atoms with Crippen molar-refractivity contribution in [2.24, 2.45) is 11.7 Å². The van der Waals surface area contributed by atoms with Gasteiger partial charge < -0.3 is 21.3 Å². The first-order valence-corrected chi connectivity index (χ1v) is 13.0. The summed E-state index contributed by atoms with van der Waals surface area (Å²) in [4.78, 5) is 26.7. The number of nitriles is 1. The maximum absolute atomic E-state index is 12.5. The lowest BCUT2D eigenvalue weighted by Gasteiger charge is -2.30. The van der Waals surface area contributed by atoms with Gasteiger partial charge in [0.2, 0.25) is 5.91 Å². The molecule has 2 aromatic carbocycles. The third-order valence-electron chi connectivity index (χ3n) is 8.37. The van der Waals surface area contributed by atoms with Crippen LogP contribution in [0.3, 0.4) is 0 Å². The van der Waals surface area contributed by atoms with Crippen LogP contribution in [-0.4, -0.2) is 69.6 Å². The number of carbonyl (C=O) groups excluding carboxylic acids is 2. The molecular formula is C28H29N9O2. The number of likely N-dealkylation sites (tertiary alicyclic amines) is 1. The quantitative estimate of drug-likeness (QED) is 0.306. The molecule has 0 bridgehead atoms. The van der Waals surface area contributed by atoms with Gasteiger partial charge in [0.15, 0.2) is 5.82 Å². The molecule has 11 nitrogen and oxygen atoms in total. The number of primary amides is 1. The lowest BCUT2D eigenvalue weighted by molar-refractivity contribution is 0.0961. The summed E-state index contributed by atoms with van der Waals surface area (Å²) in [7, 11) is 1.59. The van der Waals surface area contributed by atoms with Crippen molar-refractivity contribution in [3.05, 3.63) is 76.8 Å². The third-order valence-corrected chi connectivity index (χ3v) is 8.37. The van der Waals surface area contributed by atoms with Crippen molar-refractivity contribution in [1.29, 1.82) is 5.26 Å². The predicted molar refractivity (Wildman–Crippen MR) is 142 cm³/mol. The van der Waals surface area contributed by atoms with Crippen LogP contribution in [0.5, 0.6) is 0 Å². The van der Waals surface area contributed by atoms with Crippen LogP contribution in [0, 0.1) is 17.2 Å². The fourth-order valence-corrected chi connectivity index (χ4v) is 6.45. The Morgan fingerprint density at radius 1 is 1.21 bits per heavy atom. The average molecular weight is 524 g/mol. The number of hydrogen-bond donors (Lipinski definition) is 4. The Hall–Kier alpha value is -4.56. The minimum atomic E-state index is -0.784. The smallest absolute Gasteiger partial charge is 0.251 e. The molecule has 198 valence electrons. The van der Waals surface area contributed by atoms with Gasteiger partial charge in [-0.05, 0) is 78.2 Å². The molecule has 2 unspecified atom stereocenters. The SMILES string of the molecule is C=C(CNCCC1(c2nn[nH]n2)c2ccc(C(N)=O)cc2-c2cc(C(=O)NC)ccc21)N1C(C#N)C[C@@H]2C[C@@H]21. The Labute approximate surface area is 225 Å². The van der Waals surface area contributed by atoms with Crippen LogP contribution in [0.1, 0.15) is 56.9 Å². The topological polar surface area (TPSA) is 166 Å². The first-order chi connectivity index (χ1) is 18.9. The van der Waals surface area contributed by atoms with E-state index in [0.717, 1.165) is 40.8 Å². The van der Waals surface area contributed by atoms with Crippen molar-refractivity contribution in [2.75, 3.05) is 20.1 Å². The predicted octanol–water partition coefficient (Wildman–Crippen LogP) is 1.45. The zero-order valence-electron chi connectivity index (χ0n) is 21.6. The van der Waals surface area contributed by atoms with E-state index < -0.39 is 11.3 Å². The summed E-state index contributed by atoms with van der Waals surface area (Å²) in [5.74, 6) is 0.365. The molecule has 39 heavy (non-hydrogen) atoms. The Morgan fingerprint density at radius 2 is 1.92 bits per heavy atom. The summed E-state index contributed by atoms with van der Waals surface area (Å²) in [5, 5.41) is 31.0. The van der Waals surface area contributed by atoms with Crippen molar-refractivity contribution in [3.8, 4) is 17.2 Å². The van der Waals surface area contributed by atoms with Crippen LogP contribution in [0.2, 0.25) is 0 Å². The molecule has 0 radical (unpaired) electrons. The Kier molecular flexibility index (Phi) is 5.92. The maximum Gasteiger partial charge on any atom is 0.251 e. The van der Waals surface area contributed by atoms with E-state index >= 15 is 0 Å². The lowest BCUT2D eigenvalue weighted by atomic mass is 9.74. The minimum Gasteiger partial charge on any atom is -0.366 e. The molecular weight excluding hydrogens is 494 g/mol. The van der Waals surface area contributed by atoms with Crippen LogP contribution in [0.25, 0.3) is 11.1 Å². The second kappa shape index (κ2) is 9.32. The van der Waals surface area contributed by atoms with Gasteiger partial charge in [0.25, 0.3) is 5.91 Å². The van der Waals surface area contributed by atoms with Crippen molar-refractivity contribution >= 4 is 11.8 Å². The second-order valence-electron chi connectivity index (χ2n) is 10.4. The number of tetrazole rings is 1. The Bertz CT molecular complexity index is 1530.